The summed E-state index contributed by atoms with van der Waals surface area (Å²) in [5, 5.41) is 13.1. The lowest BCUT2D eigenvalue weighted by Crippen LogP contribution is -2.13. The number of benzene rings is 1. The van der Waals surface area contributed by atoms with Gasteiger partial charge in [-0.05, 0) is 60.7 Å². The smallest absolute Gasteiger partial charge is 0.151 e. The monoisotopic (exact) mass is 395 g/mol. The van der Waals surface area contributed by atoms with Crippen LogP contribution in [0.4, 0.5) is 4.39 Å². The number of hydrogen-bond donors (Lipinski definition) is 1. The zero-order chi connectivity index (χ0) is 19.1. The molecular formula is C21H19ClFN5. The zero-order valence-electron chi connectivity index (χ0n) is 15.2. The minimum Gasteiger partial charge on any atom is -0.306 e. The third-order valence-corrected chi connectivity index (χ3v) is 5.71. The summed E-state index contributed by atoms with van der Waals surface area (Å²) in [7, 11) is 0. The molecule has 5 rings (SSSR count). The molecule has 142 valence electrons. The third kappa shape index (κ3) is 3.02. The molecule has 1 atom stereocenters. The molecule has 1 aliphatic carbocycles. The Bertz CT molecular complexity index is 1070. The van der Waals surface area contributed by atoms with Gasteiger partial charge >= 0.3 is 0 Å². The van der Waals surface area contributed by atoms with Crippen molar-refractivity contribution in [2.24, 2.45) is 0 Å². The van der Waals surface area contributed by atoms with Gasteiger partial charge in [-0.1, -0.05) is 17.7 Å². The van der Waals surface area contributed by atoms with Crippen LogP contribution in [0.3, 0.4) is 0 Å². The molecule has 2 aliphatic rings. The Labute approximate surface area is 167 Å². The molecule has 0 saturated heterocycles. The number of allylic oxidation sites excluding steroid dienone is 2. The lowest BCUT2D eigenvalue weighted by Gasteiger charge is -2.22. The molecule has 0 saturated carbocycles. The Balaban J connectivity index is 1.50. The third-order valence-electron chi connectivity index (χ3n) is 5.47. The number of hydrogen-bond acceptors (Lipinski definition) is 4. The standard InChI is InChI=1S/C21H19ClFN5/c22-16-7-8-18-15(10-16)11-24-12-19-26-27-21(28(18)19)14-5-3-13(4-6-14)20-17(23)2-1-9-25-20/h1-3,7-10,14,24H,4-6,11-12H2. The molecule has 0 fully saturated rings. The van der Waals surface area contributed by atoms with Crippen LogP contribution in [0.5, 0.6) is 0 Å². The van der Waals surface area contributed by atoms with Gasteiger partial charge in [0.05, 0.1) is 12.2 Å². The molecule has 3 heterocycles. The van der Waals surface area contributed by atoms with Crippen LogP contribution < -0.4 is 5.32 Å². The van der Waals surface area contributed by atoms with Crippen molar-refractivity contribution in [3.8, 4) is 5.69 Å². The maximum Gasteiger partial charge on any atom is 0.151 e. The maximum atomic E-state index is 14.1. The summed E-state index contributed by atoms with van der Waals surface area (Å²) in [5.74, 6) is 1.83. The largest absolute Gasteiger partial charge is 0.306 e. The van der Waals surface area contributed by atoms with Gasteiger partial charge in [0.2, 0.25) is 0 Å². The van der Waals surface area contributed by atoms with E-state index in [4.69, 9.17) is 11.6 Å². The van der Waals surface area contributed by atoms with Crippen LogP contribution >= 0.6 is 11.6 Å². The first-order chi connectivity index (χ1) is 13.7. The Morgan fingerprint density at radius 2 is 2.11 bits per heavy atom. The van der Waals surface area contributed by atoms with E-state index in [1.807, 2.05) is 18.2 Å². The average molecular weight is 396 g/mol. The average Bonchev–Trinajstić information content (AvgIpc) is 3.04. The molecule has 0 spiro atoms. The van der Waals surface area contributed by atoms with Crippen molar-refractivity contribution in [2.75, 3.05) is 0 Å². The Morgan fingerprint density at radius 3 is 2.93 bits per heavy atom. The number of aromatic nitrogens is 4. The molecule has 0 bridgehead atoms. The maximum absolute atomic E-state index is 14.1. The Morgan fingerprint density at radius 1 is 1.18 bits per heavy atom. The van der Waals surface area contributed by atoms with E-state index in [2.05, 4.69) is 31.1 Å². The van der Waals surface area contributed by atoms with Crippen LogP contribution in [-0.4, -0.2) is 19.7 Å². The molecule has 1 aromatic carbocycles. The minimum atomic E-state index is -0.263. The summed E-state index contributed by atoms with van der Waals surface area (Å²) in [6.45, 7) is 1.40. The van der Waals surface area contributed by atoms with Crippen LogP contribution in [-0.2, 0) is 13.1 Å². The number of rotatable bonds is 2. The fourth-order valence-corrected chi connectivity index (χ4v) is 4.29. The van der Waals surface area contributed by atoms with E-state index >= 15 is 0 Å². The summed E-state index contributed by atoms with van der Waals surface area (Å²) < 4.78 is 16.2. The van der Waals surface area contributed by atoms with Gasteiger partial charge in [0.1, 0.15) is 17.3 Å². The molecular weight excluding hydrogens is 377 g/mol. The number of nitrogens with zero attached hydrogens (tertiary/aromatic N) is 4. The van der Waals surface area contributed by atoms with Crippen LogP contribution in [0.1, 0.15) is 48.1 Å². The topological polar surface area (TPSA) is 55.6 Å². The number of nitrogens with one attached hydrogen (secondary N) is 1. The molecule has 3 aromatic rings. The molecule has 0 amide bonds. The molecule has 2 aromatic heterocycles. The van der Waals surface area contributed by atoms with Gasteiger partial charge in [0.15, 0.2) is 5.82 Å². The van der Waals surface area contributed by atoms with Crippen molar-refractivity contribution in [1.29, 1.82) is 0 Å². The summed E-state index contributed by atoms with van der Waals surface area (Å²) in [4.78, 5) is 4.21. The SMILES string of the molecule is Fc1cccnc1C1=CCC(c2nnc3n2-c2ccc(Cl)cc2CNC3)CC1. The molecule has 7 heteroatoms. The molecule has 1 N–H and O–H groups in total. The van der Waals surface area contributed by atoms with E-state index in [1.165, 1.54) is 6.07 Å². The normalized spacial score (nSPS) is 18.8. The van der Waals surface area contributed by atoms with Crippen LogP contribution in [0.2, 0.25) is 5.02 Å². The quantitative estimate of drug-likeness (QED) is 0.698. The van der Waals surface area contributed by atoms with Crippen molar-refractivity contribution < 1.29 is 4.39 Å². The van der Waals surface area contributed by atoms with Gasteiger partial charge in [0, 0.05) is 23.7 Å². The number of pyridine rings is 1. The second kappa shape index (κ2) is 7.11. The Kier molecular flexibility index (Phi) is 4.45. The van der Waals surface area contributed by atoms with Crippen molar-refractivity contribution in [1.82, 2.24) is 25.1 Å². The molecule has 5 nitrogen and oxygen atoms in total. The van der Waals surface area contributed by atoms with Crippen molar-refractivity contribution >= 4 is 17.2 Å². The summed E-state index contributed by atoms with van der Waals surface area (Å²) in [6.07, 6.45) is 6.18. The van der Waals surface area contributed by atoms with E-state index < -0.39 is 0 Å². The van der Waals surface area contributed by atoms with Gasteiger partial charge < -0.3 is 5.32 Å². The van der Waals surface area contributed by atoms with Gasteiger partial charge in [-0.2, -0.15) is 0 Å². The van der Waals surface area contributed by atoms with Gasteiger partial charge in [-0.3, -0.25) is 9.55 Å². The second-order valence-electron chi connectivity index (χ2n) is 7.22. The van der Waals surface area contributed by atoms with Crippen molar-refractivity contribution in [3.63, 3.8) is 0 Å². The highest BCUT2D eigenvalue weighted by atomic mass is 35.5. The summed E-state index contributed by atoms with van der Waals surface area (Å²) >= 11 is 6.19. The van der Waals surface area contributed by atoms with E-state index in [1.54, 1.807) is 12.3 Å². The predicted octanol–water partition coefficient (Wildman–Crippen LogP) is 4.41. The van der Waals surface area contributed by atoms with E-state index in [9.17, 15) is 4.39 Å². The number of halogens is 2. The van der Waals surface area contributed by atoms with E-state index in [-0.39, 0.29) is 11.7 Å². The molecule has 1 aliphatic heterocycles. The van der Waals surface area contributed by atoms with E-state index in [0.717, 1.165) is 59.3 Å². The van der Waals surface area contributed by atoms with Gasteiger partial charge in [-0.25, -0.2) is 4.39 Å². The molecule has 28 heavy (non-hydrogen) atoms. The number of fused-ring (bicyclic) bond motifs is 3. The molecule has 1 unspecified atom stereocenters. The van der Waals surface area contributed by atoms with Crippen LogP contribution in [0, 0.1) is 5.82 Å². The van der Waals surface area contributed by atoms with Crippen molar-refractivity contribution in [2.45, 2.75) is 38.3 Å². The predicted molar refractivity (Wildman–Crippen MR) is 106 cm³/mol. The lowest BCUT2D eigenvalue weighted by molar-refractivity contribution is 0.569. The first-order valence-corrected chi connectivity index (χ1v) is 9.82. The van der Waals surface area contributed by atoms with Gasteiger partial charge in [0.25, 0.3) is 0 Å². The zero-order valence-corrected chi connectivity index (χ0v) is 16.0. The summed E-state index contributed by atoms with van der Waals surface area (Å²) in [6, 6.07) is 9.01. The first kappa shape index (κ1) is 17.5. The van der Waals surface area contributed by atoms with Crippen LogP contribution in [0.15, 0.2) is 42.6 Å². The summed E-state index contributed by atoms with van der Waals surface area (Å²) in [5.41, 5.74) is 3.65. The highest BCUT2D eigenvalue weighted by molar-refractivity contribution is 6.30. The lowest BCUT2D eigenvalue weighted by atomic mass is 9.87. The van der Waals surface area contributed by atoms with Crippen LogP contribution in [0.25, 0.3) is 11.3 Å². The first-order valence-electron chi connectivity index (χ1n) is 9.44. The Hall–Kier alpha value is -2.57. The minimum absolute atomic E-state index is 0.235. The van der Waals surface area contributed by atoms with Crippen molar-refractivity contribution in [3.05, 3.63) is 76.4 Å². The molecule has 0 radical (unpaired) electrons. The highest BCUT2D eigenvalue weighted by Gasteiger charge is 2.27. The fourth-order valence-electron chi connectivity index (χ4n) is 4.10. The fraction of sp³-hybridized carbons (Fsp3) is 0.286. The van der Waals surface area contributed by atoms with Gasteiger partial charge in [-0.15, -0.1) is 10.2 Å². The van der Waals surface area contributed by atoms with E-state index in [0.29, 0.717) is 12.2 Å². The second-order valence-corrected chi connectivity index (χ2v) is 7.66. The highest BCUT2D eigenvalue weighted by Crippen LogP contribution is 2.37.